The molecule has 0 saturated carbocycles. The molecule has 0 radical (unpaired) electrons. The maximum Gasteiger partial charge on any atom is 0.361 e. The van der Waals surface area contributed by atoms with Crippen molar-refractivity contribution >= 4 is 17.9 Å². The summed E-state index contributed by atoms with van der Waals surface area (Å²) in [6.45, 7) is 4.73. The number of esters is 2. The Morgan fingerprint density at radius 1 is 0.477 bits per heavy atom. The van der Waals surface area contributed by atoms with Crippen molar-refractivity contribution < 1.29 is 42.9 Å². The van der Waals surface area contributed by atoms with Crippen LogP contribution in [-0.2, 0) is 33.3 Å². The predicted octanol–water partition coefficient (Wildman–Crippen LogP) is 14.7. The van der Waals surface area contributed by atoms with Gasteiger partial charge in [0.1, 0.15) is 13.2 Å². The van der Waals surface area contributed by atoms with E-state index in [0.29, 0.717) is 17.4 Å². The molecule has 0 aromatic heterocycles. The quantitative estimate of drug-likeness (QED) is 0.0211. The number of hydrogen-bond acceptors (Lipinski definition) is 7. The number of carboxylic acids is 1. The number of rotatable bonds is 47. The summed E-state index contributed by atoms with van der Waals surface area (Å²) in [5, 5.41) is 9.67. The van der Waals surface area contributed by atoms with Crippen molar-refractivity contribution in [3.63, 3.8) is 0 Å². The first kappa shape index (κ1) is 61.7. The van der Waals surface area contributed by atoms with Crippen LogP contribution in [0.3, 0.4) is 0 Å². The van der Waals surface area contributed by atoms with Gasteiger partial charge in [0.05, 0.1) is 34.4 Å². The van der Waals surface area contributed by atoms with Crippen LogP contribution in [0.4, 0.5) is 0 Å². The Balaban J connectivity index is 4.27. The molecule has 0 bridgehead atoms. The van der Waals surface area contributed by atoms with Crippen molar-refractivity contribution in [3.8, 4) is 0 Å². The summed E-state index contributed by atoms with van der Waals surface area (Å²) in [4.78, 5) is 37.2. The Morgan fingerprint density at radius 3 is 1.32 bits per heavy atom. The van der Waals surface area contributed by atoms with Gasteiger partial charge < -0.3 is 28.5 Å². The summed E-state index contributed by atoms with van der Waals surface area (Å²) < 4.78 is 22.8. The molecule has 0 spiro atoms. The van der Waals surface area contributed by atoms with Crippen LogP contribution in [0.5, 0.6) is 0 Å². The summed E-state index contributed by atoms with van der Waals surface area (Å²) in [7, 11) is 5.95. The Bertz CT molecular complexity index is 1290. The van der Waals surface area contributed by atoms with Crippen molar-refractivity contribution in [3.05, 3.63) is 72.9 Å². The van der Waals surface area contributed by atoms with E-state index in [0.717, 1.165) is 89.9 Å². The molecular formula is C56H98NO8+. The van der Waals surface area contributed by atoms with Crippen LogP contribution in [0.1, 0.15) is 206 Å². The highest BCUT2D eigenvalue weighted by Crippen LogP contribution is 2.15. The zero-order chi connectivity index (χ0) is 47.7. The number of hydrogen-bond donors (Lipinski definition) is 1. The molecule has 65 heavy (non-hydrogen) atoms. The summed E-state index contributed by atoms with van der Waals surface area (Å²) in [6.07, 6.45) is 56.8. The smallest absolute Gasteiger partial charge is 0.361 e. The molecule has 0 aliphatic rings. The molecule has 0 aliphatic carbocycles. The zero-order valence-electron chi connectivity index (χ0n) is 42.4. The lowest BCUT2D eigenvalue weighted by atomic mass is 10.0. The normalized spacial score (nSPS) is 13.4. The molecule has 0 aliphatic heterocycles. The van der Waals surface area contributed by atoms with E-state index in [4.69, 9.17) is 18.9 Å². The summed E-state index contributed by atoms with van der Waals surface area (Å²) >= 11 is 0. The number of aliphatic carboxylic acids is 1. The van der Waals surface area contributed by atoms with E-state index in [2.05, 4.69) is 86.8 Å². The Kier molecular flexibility index (Phi) is 44.9. The first-order chi connectivity index (χ1) is 31.6. The maximum absolute atomic E-state index is 12.8. The largest absolute Gasteiger partial charge is 0.477 e. The van der Waals surface area contributed by atoms with Crippen LogP contribution >= 0.6 is 0 Å². The van der Waals surface area contributed by atoms with Crippen LogP contribution in [0.15, 0.2) is 72.9 Å². The van der Waals surface area contributed by atoms with Crippen LogP contribution in [-0.4, -0.2) is 87.4 Å². The third-order valence-electron chi connectivity index (χ3n) is 10.9. The van der Waals surface area contributed by atoms with Gasteiger partial charge in [0, 0.05) is 12.8 Å². The Labute approximate surface area is 398 Å². The number of carbonyl (C=O) groups excluding carboxylic acids is 2. The number of unbranched alkanes of at least 4 members (excludes halogenated alkanes) is 20. The van der Waals surface area contributed by atoms with Gasteiger partial charge in [-0.05, 0) is 83.5 Å². The molecule has 0 aromatic rings. The van der Waals surface area contributed by atoms with Crippen molar-refractivity contribution in [2.24, 2.45) is 0 Å². The van der Waals surface area contributed by atoms with Gasteiger partial charge in [0.25, 0.3) is 6.29 Å². The van der Waals surface area contributed by atoms with Gasteiger partial charge in [-0.25, -0.2) is 4.79 Å². The first-order valence-corrected chi connectivity index (χ1v) is 26.1. The van der Waals surface area contributed by atoms with Gasteiger partial charge in [0.15, 0.2) is 6.10 Å². The minimum absolute atomic E-state index is 0.183. The SMILES string of the molecule is CC/C=C\C/C=C\C/C=C\C/C=C\C/C=C\CCCCCCCCCCCCCC(=O)OC(COC(=O)CCCCCCC/C=C\CCCCCC)COC(OCC[N+](C)(C)C)C(=O)O. The van der Waals surface area contributed by atoms with E-state index in [9.17, 15) is 19.5 Å². The highest BCUT2D eigenvalue weighted by atomic mass is 16.7. The van der Waals surface area contributed by atoms with Gasteiger partial charge in [0.2, 0.25) is 0 Å². The fourth-order valence-corrected chi connectivity index (χ4v) is 6.92. The topological polar surface area (TPSA) is 108 Å². The zero-order valence-corrected chi connectivity index (χ0v) is 42.4. The van der Waals surface area contributed by atoms with E-state index < -0.39 is 24.3 Å². The van der Waals surface area contributed by atoms with E-state index in [1.807, 2.05) is 21.1 Å². The van der Waals surface area contributed by atoms with Crippen molar-refractivity contribution in [2.45, 2.75) is 219 Å². The molecule has 0 aromatic carbocycles. The van der Waals surface area contributed by atoms with E-state index in [-0.39, 0.29) is 38.6 Å². The number of ether oxygens (including phenoxy) is 4. The molecule has 0 amide bonds. The molecule has 2 atom stereocenters. The standard InChI is InChI=1S/C56H97NO8/c1-6-8-10-12-14-16-18-20-21-22-23-24-25-26-27-28-29-30-31-32-33-35-37-39-41-43-45-47-54(59)65-52(51-64-56(55(60)61)62-49-48-57(3,4)5)50-63-53(58)46-44-42-40-38-36-34-19-17-15-13-11-9-7-2/h8,10,14,16-17,19-21,23-24,26-27,52,56H,6-7,9,11-13,15,18,22,25,28-51H2,1-5H3/p+1/b10-8-,16-14-,19-17-,21-20-,24-23-,27-26-. The van der Waals surface area contributed by atoms with Crippen molar-refractivity contribution in [1.29, 1.82) is 0 Å². The van der Waals surface area contributed by atoms with Crippen LogP contribution in [0, 0.1) is 0 Å². The lowest BCUT2D eigenvalue weighted by Crippen LogP contribution is -2.40. The third kappa shape index (κ3) is 48.5. The molecule has 9 nitrogen and oxygen atoms in total. The minimum Gasteiger partial charge on any atom is -0.477 e. The second-order valence-corrected chi connectivity index (χ2v) is 18.4. The van der Waals surface area contributed by atoms with Gasteiger partial charge in [-0.1, -0.05) is 183 Å². The summed E-state index contributed by atoms with van der Waals surface area (Å²) in [6, 6.07) is 0. The molecular weight excluding hydrogens is 815 g/mol. The van der Waals surface area contributed by atoms with Gasteiger partial charge in [-0.2, -0.15) is 0 Å². The average molecular weight is 913 g/mol. The van der Waals surface area contributed by atoms with Crippen molar-refractivity contribution in [1.82, 2.24) is 0 Å². The number of quaternary nitrogens is 1. The fraction of sp³-hybridized carbons (Fsp3) is 0.732. The van der Waals surface area contributed by atoms with Crippen LogP contribution in [0.2, 0.25) is 0 Å². The second-order valence-electron chi connectivity index (χ2n) is 18.4. The lowest BCUT2D eigenvalue weighted by molar-refractivity contribution is -0.870. The monoisotopic (exact) mass is 913 g/mol. The van der Waals surface area contributed by atoms with Gasteiger partial charge >= 0.3 is 17.9 Å². The second kappa shape index (κ2) is 47.2. The lowest BCUT2D eigenvalue weighted by Gasteiger charge is -2.25. The van der Waals surface area contributed by atoms with E-state index in [1.165, 1.54) is 83.5 Å². The van der Waals surface area contributed by atoms with Gasteiger partial charge in [-0.3, -0.25) is 9.59 Å². The predicted molar refractivity (Wildman–Crippen MR) is 272 cm³/mol. The maximum atomic E-state index is 12.8. The molecule has 9 heteroatoms. The summed E-state index contributed by atoms with van der Waals surface area (Å²) in [5.41, 5.74) is 0. The number of carbonyl (C=O) groups is 3. The Morgan fingerprint density at radius 2 is 0.877 bits per heavy atom. The Hall–Kier alpha value is -3.27. The molecule has 0 fully saturated rings. The van der Waals surface area contributed by atoms with Gasteiger partial charge in [-0.15, -0.1) is 0 Å². The van der Waals surface area contributed by atoms with Crippen LogP contribution in [0.25, 0.3) is 0 Å². The number of allylic oxidation sites excluding steroid dienone is 12. The van der Waals surface area contributed by atoms with Crippen LogP contribution < -0.4 is 0 Å². The molecule has 0 rings (SSSR count). The molecule has 1 N–H and O–H groups in total. The highest BCUT2D eigenvalue weighted by molar-refractivity contribution is 5.71. The van der Waals surface area contributed by atoms with E-state index in [1.54, 1.807) is 0 Å². The molecule has 374 valence electrons. The molecule has 0 saturated heterocycles. The number of nitrogens with zero attached hydrogens (tertiary/aromatic N) is 1. The highest BCUT2D eigenvalue weighted by Gasteiger charge is 2.25. The third-order valence-corrected chi connectivity index (χ3v) is 10.9. The number of likely N-dealkylation sites (N-methyl/N-ethyl adjacent to an activating group) is 1. The molecule has 0 heterocycles. The number of carboxylic acid groups (broad SMARTS) is 1. The minimum atomic E-state index is -1.51. The molecule has 2 unspecified atom stereocenters. The van der Waals surface area contributed by atoms with Crippen molar-refractivity contribution in [2.75, 3.05) is 47.5 Å². The van der Waals surface area contributed by atoms with E-state index >= 15 is 0 Å². The average Bonchev–Trinajstić information content (AvgIpc) is 3.27. The fourth-order valence-electron chi connectivity index (χ4n) is 6.92. The summed E-state index contributed by atoms with van der Waals surface area (Å²) in [5.74, 6) is -2.02. The first-order valence-electron chi connectivity index (χ1n) is 26.1.